The van der Waals surface area contributed by atoms with Crippen LogP contribution in [-0.4, -0.2) is 30.3 Å². The predicted molar refractivity (Wildman–Crippen MR) is 93.2 cm³/mol. The monoisotopic (exact) mass is 340 g/mol. The van der Waals surface area contributed by atoms with Gasteiger partial charge in [-0.05, 0) is 17.7 Å². The van der Waals surface area contributed by atoms with Crippen molar-refractivity contribution in [2.75, 3.05) is 6.54 Å². The third kappa shape index (κ3) is 5.74. The predicted octanol–water partition coefficient (Wildman–Crippen LogP) is 0.134. The van der Waals surface area contributed by atoms with Gasteiger partial charge in [0.25, 0.3) is 11.8 Å². The summed E-state index contributed by atoms with van der Waals surface area (Å²) in [7, 11) is 0. The van der Waals surface area contributed by atoms with Crippen LogP contribution in [0.4, 0.5) is 0 Å². The van der Waals surface area contributed by atoms with E-state index in [4.69, 9.17) is 5.84 Å². The van der Waals surface area contributed by atoms with Crippen molar-refractivity contribution in [3.8, 4) is 0 Å². The molecule has 7 heteroatoms. The fraction of sp³-hybridized carbons (Fsp3) is 0.167. The van der Waals surface area contributed by atoms with E-state index in [0.29, 0.717) is 12.0 Å². The first-order valence-electron chi connectivity index (χ1n) is 7.77. The van der Waals surface area contributed by atoms with Crippen molar-refractivity contribution in [3.63, 3.8) is 0 Å². The highest BCUT2D eigenvalue weighted by Crippen LogP contribution is 2.03. The van der Waals surface area contributed by atoms with Crippen molar-refractivity contribution < 1.29 is 14.4 Å². The van der Waals surface area contributed by atoms with Gasteiger partial charge in [0.2, 0.25) is 5.91 Å². The Balaban J connectivity index is 1.90. The van der Waals surface area contributed by atoms with Gasteiger partial charge in [0.15, 0.2) is 0 Å². The molecule has 0 radical (unpaired) electrons. The van der Waals surface area contributed by atoms with Gasteiger partial charge in [-0.15, -0.1) is 0 Å². The van der Waals surface area contributed by atoms with Crippen LogP contribution in [0.15, 0.2) is 60.7 Å². The minimum Gasteiger partial charge on any atom is -0.343 e. The molecule has 0 saturated heterocycles. The molecule has 0 heterocycles. The first-order chi connectivity index (χ1) is 12.1. The molecule has 0 bridgehead atoms. The van der Waals surface area contributed by atoms with Crippen LogP contribution >= 0.6 is 0 Å². The van der Waals surface area contributed by atoms with Crippen molar-refractivity contribution in [3.05, 3.63) is 71.8 Å². The normalized spacial score (nSPS) is 11.2. The molecule has 3 amide bonds. The number of benzene rings is 2. The van der Waals surface area contributed by atoms with E-state index in [2.05, 4.69) is 10.6 Å². The number of carbonyl (C=O) groups is 3. The lowest BCUT2D eigenvalue weighted by Crippen LogP contribution is -2.52. The number of hydrazine groups is 1. The molecule has 2 aromatic carbocycles. The highest BCUT2D eigenvalue weighted by molar-refractivity contribution is 5.97. The SMILES string of the molecule is NNC(=O)[C@@H](Cc1ccccc1)NC(=O)CNC(=O)c1ccccc1. The van der Waals surface area contributed by atoms with E-state index in [0.717, 1.165) is 5.56 Å². The largest absolute Gasteiger partial charge is 0.343 e. The van der Waals surface area contributed by atoms with Gasteiger partial charge in [-0.3, -0.25) is 19.8 Å². The number of hydrogen-bond donors (Lipinski definition) is 4. The Hall–Kier alpha value is -3.19. The smallest absolute Gasteiger partial charge is 0.256 e. The second-order valence-corrected chi connectivity index (χ2v) is 5.37. The Morgan fingerprint density at radius 1 is 0.920 bits per heavy atom. The van der Waals surface area contributed by atoms with Crippen LogP contribution in [0.3, 0.4) is 0 Å². The van der Waals surface area contributed by atoms with Crippen LogP contribution in [0.25, 0.3) is 0 Å². The molecular weight excluding hydrogens is 320 g/mol. The van der Waals surface area contributed by atoms with Crippen LogP contribution in [0.5, 0.6) is 0 Å². The molecular formula is C18H20N4O3. The lowest BCUT2D eigenvalue weighted by atomic mass is 10.1. The standard InChI is InChI=1S/C18H20N4O3/c19-22-18(25)15(11-13-7-3-1-4-8-13)21-16(23)12-20-17(24)14-9-5-2-6-10-14/h1-10,15H,11-12,19H2,(H,20,24)(H,21,23)(H,22,25)/t15-/m1/s1. The molecule has 25 heavy (non-hydrogen) atoms. The summed E-state index contributed by atoms with van der Waals surface area (Å²) >= 11 is 0. The highest BCUT2D eigenvalue weighted by atomic mass is 16.2. The van der Waals surface area contributed by atoms with E-state index in [-0.39, 0.29) is 12.5 Å². The summed E-state index contributed by atoms with van der Waals surface area (Å²) in [5.41, 5.74) is 3.37. The quantitative estimate of drug-likeness (QED) is 0.326. The average Bonchev–Trinajstić information content (AvgIpc) is 2.66. The molecule has 5 N–H and O–H groups in total. The van der Waals surface area contributed by atoms with Crippen molar-refractivity contribution in [1.29, 1.82) is 0 Å². The van der Waals surface area contributed by atoms with Crippen LogP contribution in [0, 0.1) is 0 Å². The second-order valence-electron chi connectivity index (χ2n) is 5.37. The minimum absolute atomic E-state index is 0.239. The Morgan fingerprint density at radius 3 is 2.12 bits per heavy atom. The zero-order valence-corrected chi connectivity index (χ0v) is 13.6. The molecule has 130 valence electrons. The topological polar surface area (TPSA) is 113 Å². The first-order valence-corrected chi connectivity index (χ1v) is 7.77. The molecule has 2 aromatic rings. The lowest BCUT2D eigenvalue weighted by Gasteiger charge is -2.17. The molecule has 0 aromatic heterocycles. The van der Waals surface area contributed by atoms with Gasteiger partial charge in [-0.1, -0.05) is 48.5 Å². The molecule has 2 rings (SSSR count). The molecule has 0 aliphatic rings. The first kappa shape index (κ1) is 18.2. The van der Waals surface area contributed by atoms with E-state index in [1.54, 1.807) is 30.3 Å². The maximum atomic E-state index is 12.1. The fourth-order valence-corrected chi connectivity index (χ4v) is 2.26. The summed E-state index contributed by atoms with van der Waals surface area (Å²) in [5.74, 6) is 3.83. The molecule has 7 nitrogen and oxygen atoms in total. The zero-order chi connectivity index (χ0) is 18.1. The number of hydrogen-bond acceptors (Lipinski definition) is 4. The third-order valence-corrected chi connectivity index (χ3v) is 3.52. The zero-order valence-electron chi connectivity index (χ0n) is 13.6. The molecule has 0 saturated carbocycles. The molecule has 1 atom stereocenters. The number of nitrogens with two attached hydrogens (primary N) is 1. The molecule has 0 aliphatic carbocycles. The highest BCUT2D eigenvalue weighted by Gasteiger charge is 2.20. The van der Waals surface area contributed by atoms with Gasteiger partial charge in [0.05, 0.1) is 6.54 Å². The van der Waals surface area contributed by atoms with Crippen molar-refractivity contribution in [2.45, 2.75) is 12.5 Å². The van der Waals surface area contributed by atoms with E-state index in [1.165, 1.54) is 0 Å². The van der Waals surface area contributed by atoms with Gasteiger partial charge in [-0.25, -0.2) is 5.84 Å². The summed E-state index contributed by atoms with van der Waals surface area (Å²) in [5, 5.41) is 5.09. The van der Waals surface area contributed by atoms with E-state index in [9.17, 15) is 14.4 Å². The fourth-order valence-electron chi connectivity index (χ4n) is 2.26. The molecule has 0 fully saturated rings. The van der Waals surface area contributed by atoms with Crippen LogP contribution in [0.1, 0.15) is 15.9 Å². The van der Waals surface area contributed by atoms with Crippen molar-refractivity contribution in [1.82, 2.24) is 16.1 Å². The van der Waals surface area contributed by atoms with Crippen molar-refractivity contribution >= 4 is 17.7 Å². The summed E-state index contributed by atoms with van der Waals surface area (Å²) < 4.78 is 0. The Kier molecular flexibility index (Phi) is 6.67. The maximum Gasteiger partial charge on any atom is 0.256 e. The Bertz CT molecular complexity index is 720. The Morgan fingerprint density at radius 2 is 1.52 bits per heavy atom. The van der Waals surface area contributed by atoms with Gasteiger partial charge >= 0.3 is 0 Å². The van der Waals surface area contributed by atoms with E-state index < -0.39 is 17.9 Å². The number of carbonyl (C=O) groups excluding carboxylic acids is 3. The van der Waals surface area contributed by atoms with E-state index in [1.807, 2.05) is 35.8 Å². The summed E-state index contributed by atoms with van der Waals surface area (Å²) in [4.78, 5) is 35.9. The maximum absolute atomic E-state index is 12.1. The van der Waals surface area contributed by atoms with E-state index >= 15 is 0 Å². The van der Waals surface area contributed by atoms with Gasteiger partial charge < -0.3 is 10.6 Å². The Labute approximate surface area is 145 Å². The van der Waals surface area contributed by atoms with Gasteiger partial charge in [0.1, 0.15) is 6.04 Å². The lowest BCUT2D eigenvalue weighted by molar-refractivity contribution is -0.128. The molecule has 0 unspecified atom stereocenters. The van der Waals surface area contributed by atoms with Crippen molar-refractivity contribution in [2.24, 2.45) is 5.84 Å². The number of rotatable bonds is 7. The number of nitrogens with one attached hydrogen (secondary N) is 3. The van der Waals surface area contributed by atoms with Crippen LogP contribution in [-0.2, 0) is 16.0 Å². The molecule has 0 aliphatic heterocycles. The van der Waals surface area contributed by atoms with Gasteiger partial charge in [-0.2, -0.15) is 0 Å². The molecule has 0 spiro atoms. The van der Waals surface area contributed by atoms with Gasteiger partial charge in [0, 0.05) is 12.0 Å². The summed E-state index contributed by atoms with van der Waals surface area (Å²) in [6.07, 6.45) is 0.294. The summed E-state index contributed by atoms with van der Waals surface area (Å²) in [6, 6.07) is 17.0. The van der Waals surface area contributed by atoms with Crippen LogP contribution in [0.2, 0.25) is 0 Å². The summed E-state index contributed by atoms with van der Waals surface area (Å²) in [6.45, 7) is -0.239. The minimum atomic E-state index is -0.825. The number of amides is 3. The average molecular weight is 340 g/mol. The van der Waals surface area contributed by atoms with Crippen LogP contribution < -0.4 is 21.9 Å². The second kappa shape index (κ2) is 9.19. The third-order valence-electron chi connectivity index (χ3n) is 3.52.